The van der Waals surface area contributed by atoms with E-state index in [2.05, 4.69) is 70.3 Å². The molecule has 0 spiro atoms. The van der Waals surface area contributed by atoms with Gasteiger partial charge in [-0.05, 0) is 174 Å². The Morgan fingerprint density at radius 3 is 1.10 bits per heavy atom. The maximum absolute atomic E-state index is 13.7. The molecule has 0 N–H and O–H groups in total. The van der Waals surface area contributed by atoms with E-state index < -0.39 is 25.1 Å². The molecule has 8 aromatic rings. The molecule has 0 aromatic heterocycles. The third kappa shape index (κ3) is 10.7. The highest BCUT2D eigenvalue weighted by Crippen LogP contribution is 2.39. The number of allylic oxidation sites excluding steroid dienone is 2. The van der Waals surface area contributed by atoms with Gasteiger partial charge in [0.05, 0.1) is 26.7 Å². The standard InChI is InChI=1S/C59H52O8S2/c1-7-9-44-39-46(17-37-57(44)66-51-25-33-55(34-26-51)68(60,61)53-29-21-48(64-6)22-30-53)59(4,5)47-18-38-58(45(40-47)10-8-2)67-52-27-35-56(36-28-52)69(62,63)54-31-23-50(24-32-54)65-49-19-15-43(16-20-49)42-13-11-41(3)12-14-42/h7-8,11-40H,1-2,9-10H2,3-6H3. The first-order chi connectivity index (χ1) is 33.2. The first-order valence-corrected chi connectivity index (χ1v) is 25.3. The second-order valence-electron chi connectivity index (χ2n) is 17.0. The lowest BCUT2D eigenvalue weighted by molar-refractivity contribution is 0.414. The zero-order chi connectivity index (χ0) is 48.8. The highest BCUT2D eigenvalue weighted by Gasteiger charge is 2.26. The fraction of sp³-hybridized carbons (Fsp3) is 0.119. The van der Waals surface area contributed by atoms with Gasteiger partial charge < -0.3 is 18.9 Å². The maximum atomic E-state index is 13.7. The van der Waals surface area contributed by atoms with Crippen molar-refractivity contribution in [2.75, 3.05) is 7.11 Å². The van der Waals surface area contributed by atoms with Crippen LogP contribution >= 0.6 is 0 Å². The molecular formula is C59H52O8S2. The van der Waals surface area contributed by atoms with Crippen LogP contribution < -0.4 is 18.9 Å². The lowest BCUT2D eigenvalue weighted by Gasteiger charge is -2.28. The topological polar surface area (TPSA) is 105 Å². The molecule has 0 aliphatic carbocycles. The molecule has 0 bridgehead atoms. The number of hydrogen-bond acceptors (Lipinski definition) is 8. The first-order valence-electron chi connectivity index (χ1n) is 22.3. The summed E-state index contributed by atoms with van der Waals surface area (Å²) >= 11 is 0. The number of benzene rings is 8. The Morgan fingerprint density at radius 2 is 0.754 bits per heavy atom. The Kier molecular flexibility index (Phi) is 14.1. The Morgan fingerprint density at radius 1 is 0.435 bits per heavy atom. The lowest BCUT2D eigenvalue weighted by atomic mass is 9.76. The summed E-state index contributed by atoms with van der Waals surface area (Å²) in [5.41, 5.74) is 6.88. The highest BCUT2D eigenvalue weighted by molar-refractivity contribution is 7.91. The second-order valence-corrected chi connectivity index (χ2v) is 20.9. The van der Waals surface area contributed by atoms with Gasteiger partial charge in [0.1, 0.15) is 40.2 Å². The summed E-state index contributed by atoms with van der Waals surface area (Å²) in [6, 6.07) is 53.7. The largest absolute Gasteiger partial charge is 0.497 e. The van der Waals surface area contributed by atoms with Gasteiger partial charge in [0, 0.05) is 5.41 Å². The van der Waals surface area contributed by atoms with Crippen molar-refractivity contribution in [2.45, 2.75) is 58.6 Å². The Balaban J connectivity index is 0.933. The van der Waals surface area contributed by atoms with Crippen LogP contribution in [0.15, 0.2) is 227 Å². The molecule has 0 heterocycles. The average Bonchev–Trinajstić information content (AvgIpc) is 3.36. The van der Waals surface area contributed by atoms with Crippen molar-refractivity contribution >= 4 is 19.7 Å². The normalized spacial score (nSPS) is 11.7. The minimum Gasteiger partial charge on any atom is -0.497 e. The minimum absolute atomic E-state index is 0.139. The van der Waals surface area contributed by atoms with Gasteiger partial charge in [-0.3, -0.25) is 0 Å². The summed E-state index contributed by atoms with van der Waals surface area (Å²) in [6.45, 7) is 14.3. The van der Waals surface area contributed by atoms with Crippen molar-refractivity contribution in [3.05, 3.63) is 235 Å². The zero-order valence-electron chi connectivity index (χ0n) is 38.9. The predicted molar refractivity (Wildman–Crippen MR) is 273 cm³/mol. The van der Waals surface area contributed by atoms with Crippen LogP contribution in [0.5, 0.6) is 40.2 Å². The monoisotopic (exact) mass is 952 g/mol. The molecule has 0 saturated carbocycles. The molecule has 0 saturated heterocycles. The van der Waals surface area contributed by atoms with Crippen molar-refractivity contribution in [3.8, 4) is 51.4 Å². The van der Waals surface area contributed by atoms with Crippen LogP contribution in [0.2, 0.25) is 0 Å². The van der Waals surface area contributed by atoms with E-state index >= 15 is 0 Å². The van der Waals surface area contributed by atoms with E-state index in [1.807, 2.05) is 60.7 Å². The molecule has 69 heavy (non-hydrogen) atoms. The van der Waals surface area contributed by atoms with Crippen LogP contribution in [0.25, 0.3) is 11.1 Å². The van der Waals surface area contributed by atoms with Crippen LogP contribution in [0.4, 0.5) is 0 Å². The van der Waals surface area contributed by atoms with Gasteiger partial charge >= 0.3 is 0 Å². The predicted octanol–water partition coefficient (Wildman–Crippen LogP) is 14.5. The molecule has 10 heteroatoms. The van der Waals surface area contributed by atoms with E-state index in [1.54, 1.807) is 84.9 Å². The highest BCUT2D eigenvalue weighted by atomic mass is 32.2. The SMILES string of the molecule is C=CCc1cc(C(C)(C)c2ccc(Oc3ccc(S(=O)(=O)c4ccc(Oc5ccc(-c6ccc(C)cc6)cc5)cc4)cc3)c(CC=C)c2)ccc1Oc1ccc(S(=O)(=O)c2ccc(OC)cc2)cc1. The van der Waals surface area contributed by atoms with E-state index in [0.717, 1.165) is 33.4 Å². The van der Waals surface area contributed by atoms with Crippen molar-refractivity contribution in [3.63, 3.8) is 0 Å². The van der Waals surface area contributed by atoms with E-state index in [0.29, 0.717) is 53.1 Å². The molecule has 348 valence electrons. The minimum atomic E-state index is -3.83. The molecule has 0 amide bonds. The van der Waals surface area contributed by atoms with Gasteiger partial charge in [-0.2, -0.15) is 0 Å². The Hall–Kier alpha value is -7.66. The Labute approximate surface area is 405 Å². The van der Waals surface area contributed by atoms with Gasteiger partial charge in [0.15, 0.2) is 0 Å². The fourth-order valence-corrected chi connectivity index (χ4v) is 10.4. The summed E-state index contributed by atoms with van der Waals surface area (Å²) in [6.07, 6.45) is 4.73. The van der Waals surface area contributed by atoms with Crippen LogP contribution in [0.1, 0.15) is 41.7 Å². The van der Waals surface area contributed by atoms with Gasteiger partial charge in [0.25, 0.3) is 0 Å². The van der Waals surface area contributed by atoms with Crippen LogP contribution in [-0.4, -0.2) is 23.9 Å². The number of sulfone groups is 2. The lowest BCUT2D eigenvalue weighted by Crippen LogP contribution is -2.19. The van der Waals surface area contributed by atoms with Crippen molar-refractivity contribution in [1.82, 2.24) is 0 Å². The number of aryl methyl sites for hydroxylation is 1. The first kappa shape index (κ1) is 47.8. The molecule has 8 rings (SSSR count). The summed E-state index contributed by atoms with van der Waals surface area (Å²) in [5, 5.41) is 0. The van der Waals surface area contributed by atoms with Gasteiger partial charge in [-0.1, -0.05) is 92.2 Å². The summed E-state index contributed by atoms with van der Waals surface area (Å²) in [4.78, 5) is 0.613. The average molecular weight is 953 g/mol. The maximum Gasteiger partial charge on any atom is 0.206 e. The third-order valence-corrected chi connectivity index (χ3v) is 15.6. The summed E-state index contributed by atoms with van der Waals surface area (Å²) in [7, 11) is -6.03. The molecule has 0 aliphatic heterocycles. The van der Waals surface area contributed by atoms with E-state index in [-0.39, 0.29) is 19.6 Å². The molecule has 0 aliphatic rings. The summed E-state index contributed by atoms with van der Waals surface area (Å²) < 4.78 is 77.8. The van der Waals surface area contributed by atoms with Crippen molar-refractivity contribution in [1.29, 1.82) is 0 Å². The number of hydrogen-bond donors (Lipinski definition) is 0. The van der Waals surface area contributed by atoms with Crippen molar-refractivity contribution < 1.29 is 35.8 Å². The molecule has 0 radical (unpaired) electrons. The van der Waals surface area contributed by atoms with E-state index in [1.165, 1.54) is 24.8 Å². The molecule has 8 nitrogen and oxygen atoms in total. The third-order valence-electron chi connectivity index (χ3n) is 12.0. The number of rotatable bonds is 18. The second kappa shape index (κ2) is 20.3. The Bertz CT molecular complexity index is 3320. The van der Waals surface area contributed by atoms with Gasteiger partial charge in [-0.25, -0.2) is 16.8 Å². The van der Waals surface area contributed by atoms with Crippen LogP contribution in [-0.2, 0) is 37.9 Å². The van der Waals surface area contributed by atoms with Gasteiger partial charge in [-0.15, -0.1) is 13.2 Å². The molecule has 0 unspecified atom stereocenters. The molecule has 8 aromatic carbocycles. The van der Waals surface area contributed by atoms with E-state index in [4.69, 9.17) is 18.9 Å². The summed E-state index contributed by atoms with van der Waals surface area (Å²) in [5.74, 6) is 3.99. The van der Waals surface area contributed by atoms with Gasteiger partial charge in [0.2, 0.25) is 19.7 Å². The molecular weight excluding hydrogens is 901 g/mol. The zero-order valence-corrected chi connectivity index (χ0v) is 40.5. The van der Waals surface area contributed by atoms with E-state index in [9.17, 15) is 16.8 Å². The molecule has 0 atom stereocenters. The fourth-order valence-electron chi connectivity index (χ4n) is 7.87. The van der Waals surface area contributed by atoms with Crippen molar-refractivity contribution in [2.24, 2.45) is 0 Å². The van der Waals surface area contributed by atoms with Crippen LogP contribution in [0, 0.1) is 6.92 Å². The number of ether oxygens (including phenoxy) is 4. The molecule has 0 fully saturated rings. The quantitative estimate of drug-likeness (QED) is 0.0783. The van der Waals surface area contributed by atoms with Crippen LogP contribution in [0.3, 0.4) is 0 Å². The smallest absolute Gasteiger partial charge is 0.206 e. The number of methoxy groups -OCH3 is 1.